The second kappa shape index (κ2) is 4.09. The fourth-order valence-corrected chi connectivity index (χ4v) is 6.01. The van der Waals surface area contributed by atoms with Crippen LogP contribution >= 0.6 is 0 Å². The van der Waals surface area contributed by atoms with E-state index in [1.54, 1.807) is 0 Å². The zero-order valence-electron chi connectivity index (χ0n) is 12.3. The van der Waals surface area contributed by atoms with Gasteiger partial charge >= 0.3 is 0 Å². The van der Waals surface area contributed by atoms with E-state index in [-0.39, 0.29) is 5.41 Å². The van der Waals surface area contributed by atoms with Gasteiger partial charge in [-0.2, -0.15) is 0 Å². The zero-order valence-corrected chi connectivity index (χ0v) is 12.3. The van der Waals surface area contributed by atoms with Crippen molar-refractivity contribution in [3.05, 3.63) is 12.3 Å². The molecule has 0 spiro atoms. The number of hydrogen-bond donors (Lipinski definition) is 0. The summed E-state index contributed by atoms with van der Waals surface area (Å²) in [7, 11) is 0. The summed E-state index contributed by atoms with van der Waals surface area (Å²) in [5.74, 6) is 2.46. The molecule has 0 amide bonds. The summed E-state index contributed by atoms with van der Waals surface area (Å²) < 4.78 is 12.3. The van der Waals surface area contributed by atoms with Gasteiger partial charge in [0.2, 0.25) is 5.79 Å². The maximum Gasteiger partial charge on any atom is 0.216 e. The van der Waals surface area contributed by atoms with Crippen molar-refractivity contribution >= 4 is 6.29 Å². The standard InChI is InChI=1S/C17H24O3/c1-3-17(19-11(2)15(10-18)20-17)16-7-12-4-13(8-16)6-14(5-12)9-16/h10,12-15H,2-9H2,1H3. The molecule has 110 valence electrons. The van der Waals surface area contributed by atoms with E-state index < -0.39 is 11.9 Å². The Balaban J connectivity index is 1.71. The van der Waals surface area contributed by atoms with Gasteiger partial charge in [-0.15, -0.1) is 0 Å². The predicted molar refractivity (Wildman–Crippen MR) is 74.8 cm³/mol. The van der Waals surface area contributed by atoms with Crippen LogP contribution in [0.15, 0.2) is 12.3 Å². The number of hydrogen-bond acceptors (Lipinski definition) is 3. The van der Waals surface area contributed by atoms with E-state index in [0.29, 0.717) is 5.76 Å². The molecule has 0 aromatic rings. The number of aldehydes is 1. The molecule has 0 aromatic carbocycles. The van der Waals surface area contributed by atoms with Gasteiger partial charge in [0.1, 0.15) is 5.76 Å². The lowest BCUT2D eigenvalue weighted by atomic mass is 9.47. The second-order valence-electron chi connectivity index (χ2n) is 7.55. The maximum atomic E-state index is 11.2. The molecule has 20 heavy (non-hydrogen) atoms. The summed E-state index contributed by atoms with van der Waals surface area (Å²) in [6, 6.07) is 0. The SMILES string of the molecule is C=C1OC(CC)(C23CC4CC(CC(C4)C2)C3)OC1C=O. The van der Waals surface area contributed by atoms with E-state index in [2.05, 4.69) is 13.5 Å². The van der Waals surface area contributed by atoms with Gasteiger partial charge in [0, 0.05) is 11.8 Å². The highest BCUT2D eigenvalue weighted by atomic mass is 16.8. The Bertz CT molecular complexity index is 420. The zero-order chi connectivity index (χ0) is 14.0. The molecule has 3 nitrogen and oxygen atoms in total. The van der Waals surface area contributed by atoms with Crippen molar-refractivity contribution in [2.24, 2.45) is 23.2 Å². The Hall–Kier alpha value is -0.830. The third-order valence-electron chi connectivity index (χ3n) is 6.37. The third-order valence-corrected chi connectivity index (χ3v) is 6.37. The van der Waals surface area contributed by atoms with Gasteiger partial charge in [-0.3, -0.25) is 4.79 Å². The van der Waals surface area contributed by atoms with Crippen molar-refractivity contribution in [3.8, 4) is 0 Å². The molecule has 5 fully saturated rings. The van der Waals surface area contributed by atoms with Crippen LogP contribution in [0, 0.1) is 23.2 Å². The first-order chi connectivity index (χ1) is 9.60. The number of carbonyl (C=O) groups excluding carboxylic acids is 1. The van der Waals surface area contributed by atoms with Gasteiger partial charge in [-0.25, -0.2) is 0 Å². The molecule has 1 heterocycles. The van der Waals surface area contributed by atoms with Crippen LogP contribution in [0.4, 0.5) is 0 Å². The van der Waals surface area contributed by atoms with Crippen molar-refractivity contribution < 1.29 is 14.3 Å². The summed E-state index contributed by atoms with van der Waals surface area (Å²) in [5.41, 5.74) is 0.122. The Kier molecular flexibility index (Phi) is 2.64. The van der Waals surface area contributed by atoms with E-state index in [0.717, 1.165) is 30.5 Å². The summed E-state index contributed by atoms with van der Waals surface area (Å²) in [5, 5.41) is 0. The molecular weight excluding hydrogens is 252 g/mol. The highest BCUT2D eigenvalue weighted by molar-refractivity contribution is 5.61. The summed E-state index contributed by atoms with van der Waals surface area (Å²) in [6.45, 7) is 6.02. The largest absolute Gasteiger partial charge is 0.463 e. The van der Waals surface area contributed by atoms with Crippen molar-refractivity contribution in [1.82, 2.24) is 0 Å². The molecule has 2 atom stereocenters. The van der Waals surface area contributed by atoms with Crippen molar-refractivity contribution in [1.29, 1.82) is 0 Å². The Morgan fingerprint density at radius 1 is 1.20 bits per heavy atom. The van der Waals surface area contributed by atoms with Crippen LogP contribution in [0.1, 0.15) is 51.9 Å². The predicted octanol–water partition coefficient (Wildman–Crippen LogP) is 3.44. The minimum Gasteiger partial charge on any atom is -0.463 e. The van der Waals surface area contributed by atoms with Gasteiger partial charge in [-0.05, 0) is 56.3 Å². The highest BCUT2D eigenvalue weighted by Gasteiger charge is 2.65. The van der Waals surface area contributed by atoms with Gasteiger partial charge in [0.05, 0.1) is 0 Å². The first-order valence-electron chi connectivity index (χ1n) is 8.10. The number of ether oxygens (including phenoxy) is 2. The molecular formula is C17H24O3. The average Bonchev–Trinajstić information content (AvgIpc) is 2.75. The number of rotatable bonds is 3. The van der Waals surface area contributed by atoms with Crippen molar-refractivity contribution in [2.45, 2.75) is 63.8 Å². The molecule has 5 aliphatic rings. The molecule has 4 bridgehead atoms. The first kappa shape index (κ1) is 12.9. The van der Waals surface area contributed by atoms with E-state index in [1.807, 2.05) is 0 Å². The van der Waals surface area contributed by atoms with E-state index in [9.17, 15) is 4.79 Å². The van der Waals surface area contributed by atoms with Crippen LogP contribution in [0.2, 0.25) is 0 Å². The smallest absolute Gasteiger partial charge is 0.216 e. The van der Waals surface area contributed by atoms with Crippen LogP contribution in [-0.4, -0.2) is 18.2 Å². The normalized spacial score (nSPS) is 53.1. The van der Waals surface area contributed by atoms with Crippen LogP contribution < -0.4 is 0 Å². The highest BCUT2D eigenvalue weighted by Crippen LogP contribution is 2.66. The third kappa shape index (κ3) is 1.53. The summed E-state index contributed by atoms with van der Waals surface area (Å²) in [6.07, 6.45) is 8.92. The molecule has 3 heteroatoms. The molecule has 0 aromatic heterocycles. The summed E-state index contributed by atoms with van der Waals surface area (Å²) in [4.78, 5) is 11.2. The van der Waals surface area contributed by atoms with Gasteiger partial charge in [-0.1, -0.05) is 13.5 Å². The van der Waals surface area contributed by atoms with Crippen LogP contribution in [0.5, 0.6) is 0 Å². The molecule has 4 saturated carbocycles. The molecule has 1 aliphatic heterocycles. The fraction of sp³-hybridized carbons (Fsp3) is 0.824. The van der Waals surface area contributed by atoms with E-state index in [1.165, 1.54) is 38.5 Å². The summed E-state index contributed by atoms with van der Waals surface area (Å²) >= 11 is 0. The first-order valence-corrected chi connectivity index (χ1v) is 8.10. The molecule has 2 unspecified atom stereocenters. The second-order valence-corrected chi connectivity index (χ2v) is 7.55. The minimum atomic E-state index is -0.592. The number of carbonyl (C=O) groups is 1. The van der Waals surface area contributed by atoms with Crippen molar-refractivity contribution in [2.75, 3.05) is 0 Å². The average molecular weight is 276 g/mol. The lowest BCUT2D eigenvalue weighted by Gasteiger charge is -2.61. The maximum absolute atomic E-state index is 11.2. The lowest BCUT2D eigenvalue weighted by molar-refractivity contribution is -0.282. The van der Waals surface area contributed by atoms with Crippen molar-refractivity contribution in [3.63, 3.8) is 0 Å². The van der Waals surface area contributed by atoms with Gasteiger partial charge < -0.3 is 9.47 Å². The van der Waals surface area contributed by atoms with Gasteiger partial charge in [0.15, 0.2) is 12.4 Å². The van der Waals surface area contributed by atoms with Crippen LogP contribution in [-0.2, 0) is 14.3 Å². The minimum absolute atomic E-state index is 0.122. The quantitative estimate of drug-likeness (QED) is 0.741. The molecule has 0 N–H and O–H groups in total. The molecule has 5 rings (SSSR count). The molecule has 1 saturated heterocycles. The van der Waals surface area contributed by atoms with Crippen LogP contribution in [0.3, 0.4) is 0 Å². The Morgan fingerprint density at radius 2 is 1.75 bits per heavy atom. The van der Waals surface area contributed by atoms with Crippen LogP contribution in [0.25, 0.3) is 0 Å². The fourth-order valence-electron chi connectivity index (χ4n) is 6.01. The lowest BCUT2D eigenvalue weighted by Crippen LogP contribution is -2.58. The van der Waals surface area contributed by atoms with E-state index >= 15 is 0 Å². The van der Waals surface area contributed by atoms with E-state index in [4.69, 9.17) is 9.47 Å². The topological polar surface area (TPSA) is 35.5 Å². The monoisotopic (exact) mass is 276 g/mol. The Morgan fingerprint density at radius 3 is 2.15 bits per heavy atom. The molecule has 4 aliphatic carbocycles. The van der Waals surface area contributed by atoms with Gasteiger partial charge in [0.25, 0.3) is 0 Å². The molecule has 0 radical (unpaired) electrons. The Labute approximate surface area is 120 Å².